The summed E-state index contributed by atoms with van der Waals surface area (Å²) >= 11 is 0. The zero-order chi connectivity index (χ0) is 17.8. The zero-order valence-corrected chi connectivity index (χ0v) is 13.9. The number of carbonyl (C=O) groups excluding carboxylic acids is 2. The van der Waals surface area contributed by atoms with E-state index < -0.39 is 5.82 Å². The molecule has 0 saturated carbocycles. The molecule has 0 aliphatic carbocycles. The molecule has 1 atom stereocenters. The monoisotopic (exact) mass is 342 g/mol. The minimum Gasteiger partial charge on any atom is -0.484 e. The molecular weight excluding hydrogens is 323 g/mol. The van der Waals surface area contributed by atoms with E-state index >= 15 is 0 Å². The Morgan fingerprint density at radius 3 is 2.84 bits per heavy atom. The maximum Gasteiger partial charge on any atom is 0.258 e. The summed E-state index contributed by atoms with van der Waals surface area (Å²) in [5.41, 5.74) is 1.45. The van der Waals surface area contributed by atoms with Gasteiger partial charge in [0.25, 0.3) is 5.91 Å². The summed E-state index contributed by atoms with van der Waals surface area (Å²) in [5, 5.41) is 2.79. The van der Waals surface area contributed by atoms with E-state index in [0.717, 1.165) is 5.56 Å². The lowest BCUT2D eigenvalue weighted by atomic mass is 10.2. The third kappa shape index (κ3) is 4.15. The lowest BCUT2D eigenvalue weighted by molar-refractivity contribution is -0.123. The molecule has 1 saturated heterocycles. The number of rotatable bonds is 5. The number of aryl methyl sites for hydroxylation is 1. The summed E-state index contributed by atoms with van der Waals surface area (Å²) in [6.07, 6.45) is 0.187. The van der Waals surface area contributed by atoms with E-state index in [2.05, 4.69) is 5.32 Å². The Balaban J connectivity index is 1.54. The number of hydrogen-bond acceptors (Lipinski definition) is 3. The third-order valence-corrected chi connectivity index (χ3v) is 4.06. The summed E-state index contributed by atoms with van der Waals surface area (Å²) in [6.45, 7) is 2.10. The maximum atomic E-state index is 13.3. The largest absolute Gasteiger partial charge is 0.484 e. The fraction of sp³-hybridized carbons (Fsp3) is 0.263. The van der Waals surface area contributed by atoms with Crippen molar-refractivity contribution < 1.29 is 18.7 Å². The van der Waals surface area contributed by atoms with Crippen molar-refractivity contribution in [2.75, 3.05) is 18.1 Å². The van der Waals surface area contributed by atoms with E-state index in [1.165, 1.54) is 17.0 Å². The molecule has 6 heteroatoms. The van der Waals surface area contributed by atoms with Crippen LogP contribution in [0.2, 0.25) is 0 Å². The number of para-hydroxylation sites is 1. The number of carbonyl (C=O) groups is 2. The molecule has 0 radical (unpaired) electrons. The average molecular weight is 342 g/mol. The second-order valence-corrected chi connectivity index (χ2v) is 6.01. The first kappa shape index (κ1) is 17.0. The van der Waals surface area contributed by atoms with Gasteiger partial charge in [0.15, 0.2) is 6.61 Å². The molecule has 130 valence electrons. The van der Waals surface area contributed by atoms with Gasteiger partial charge in [-0.15, -0.1) is 0 Å². The molecule has 0 aromatic heterocycles. The molecule has 5 nitrogen and oxygen atoms in total. The molecule has 1 heterocycles. The van der Waals surface area contributed by atoms with Crippen molar-refractivity contribution in [3.8, 4) is 5.75 Å². The van der Waals surface area contributed by atoms with Gasteiger partial charge in [-0.25, -0.2) is 4.39 Å². The molecule has 0 bridgehead atoms. The predicted molar refractivity (Wildman–Crippen MR) is 92.0 cm³/mol. The van der Waals surface area contributed by atoms with Crippen LogP contribution in [0.4, 0.5) is 10.1 Å². The number of benzene rings is 2. The van der Waals surface area contributed by atoms with Gasteiger partial charge in [-0.1, -0.05) is 24.3 Å². The van der Waals surface area contributed by atoms with Crippen LogP contribution in [0.15, 0.2) is 48.5 Å². The second kappa shape index (κ2) is 7.34. The highest BCUT2D eigenvalue weighted by molar-refractivity contribution is 5.96. The summed E-state index contributed by atoms with van der Waals surface area (Å²) in [4.78, 5) is 25.7. The third-order valence-electron chi connectivity index (χ3n) is 4.06. The van der Waals surface area contributed by atoms with Gasteiger partial charge in [0.05, 0.1) is 6.04 Å². The van der Waals surface area contributed by atoms with Crippen molar-refractivity contribution in [2.45, 2.75) is 19.4 Å². The highest BCUT2D eigenvalue weighted by atomic mass is 19.1. The quantitative estimate of drug-likeness (QED) is 0.908. The van der Waals surface area contributed by atoms with Gasteiger partial charge in [0, 0.05) is 18.7 Å². The zero-order valence-electron chi connectivity index (χ0n) is 13.9. The van der Waals surface area contributed by atoms with Crippen molar-refractivity contribution in [3.63, 3.8) is 0 Å². The van der Waals surface area contributed by atoms with Gasteiger partial charge in [-0.3, -0.25) is 9.59 Å². The number of hydrogen-bond donors (Lipinski definition) is 1. The van der Waals surface area contributed by atoms with Crippen LogP contribution >= 0.6 is 0 Å². The van der Waals surface area contributed by atoms with Crippen molar-refractivity contribution in [1.29, 1.82) is 0 Å². The van der Waals surface area contributed by atoms with E-state index in [1.54, 1.807) is 18.2 Å². The molecule has 25 heavy (non-hydrogen) atoms. The summed E-state index contributed by atoms with van der Waals surface area (Å²) in [6, 6.07) is 13.0. The highest BCUT2D eigenvalue weighted by Gasteiger charge is 2.31. The van der Waals surface area contributed by atoms with Crippen molar-refractivity contribution in [1.82, 2.24) is 5.32 Å². The molecule has 2 aromatic carbocycles. The van der Waals surface area contributed by atoms with Gasteiger partial charge >= 0.3 is 0 Å². The van der Waals surface area contributed by atoms with Gasteiger partial charge in [-0.05, 0) is 36.8 Å². The van der Waals surface area contributed by atoms with E-state index in [0.29, 0.717) is 18.0 Å². The number of nitrogens with one attached hydrogen (secondary N) is 1. The Morgan fingerprint density at radius 1 is 1.28 bits per heavy atom. The SMILES string of the molecule is Cc1ccccc1OCC(=O)N[C@@H]1CC(=O)N(c2cccc(F)c2)C1. The molecule has 1 fully saturated rings. The fourth-order valence-corrected chi connectivity index (χ4v) is 2.83. The smallest absolute Gasteiger partial charge is 0.258 e. The second-order valence-electron chi connectivity index (χ2n) is 6.01. The van der Waals surface area contributed by atoms with Gasteiger partial charge in [0.2, 0.25) is 5.91 Å². The molecule has 2 aromatic rings. The Kier molecular flexibility index (Phi) is 4.97. The van der Waals surface area contributed by atoms with Crippen LogP contribution in [0, 0.1) is 12.7 Å². The van der Waals surface area contributed by atoms with Crippen LogP contribution < -0.4 is 15.0 Å². The van der Waals surface area contributed by atoms with Gasteiger partial charge < -0.3 is 15.0 Å². The first-order valence-electron chi connectivity index (χ1n) is 8.06. The Labute approximate surface area is 145 Å². The van der Waals surface area contributed by atoms with E-state index in [4.69, 9.17) is 4.74 Å². The molecule has 0 unspecified atom stereocenters. The molecule has 1 N–H and O–H groups in total. The van der Waals surface area contributed by atoms with Crippen molar-refractivity contribution >= 4 is 17.5 Å². The summed E-state index contributed by atoms with van der Waals surface area (Å²) in [5.74, 6) is -0.177. The Hall–Kier alpha value is -2.89. The molecule has 1 aliphatic rings. The topological polar surface area (TPSA) is 58.6 Å². The fourth-order valence-electron chi connectivity index (χ4n) is 2.83. The van der Waals surface area contributed by atoms with Crippen LogP contribution in [0.25, 0.3) is 0 Å². The van der Waals surface area contributed by atoms with Crippen molar-refractivity contribution in [3.05, 3.63) is 59.9 Å². The van der Waals surface area contributed by atoms with E-state index in [1.807, 2.05) is 25.1 Å². The molecule has 0 spiro atoms. The molecule has 3 rings (SSSR count). The number of halogens is 1. The number of ether oxygens (including phenoxy) is 1. The number of amides is 2. The maximum absolute atomic E-state index is 13.3. The predicted octanol–water partition coefficient (Wildman–Crippen LogP) is 2.43. The summed E-state index contributed by atoms with van der Waals surface area (Å²) in [7, 11) is 0. The average Bonchev–Trinajstić information content (AvgIpc) is 2.94. The highest BCUT2D eigenvalue weighted by Crippen LogP contribution is 2.22. The van der Waals surface area contributed by atoms with Crippen LogP contribution in [0.3, 0.4) is 0 Å². The first-order valence-corrected chi connectivity index (χ1v) is 8.06. The van der Waals surface area contributed by atoms with E-state index in [-0.39, 0.29) is 30.9 Å². The van der Waals surface area contributed by atoms with Crippen LogP contribution in [0.5, 0.6) is 5.75 Å². The van der Waals surface area contributed by atoms with Crippen LogP contribution in [-0.2, 0) is 9.59 Å². The normalized spacial score (nSPS) is 16.8. The van der Waals surface area contributed by atoms with Crippen LogP contribution in [0.1, 0.15) is 12.0 Å². The van der Waals surface area contributed by atoms with Crippen molar-refractivity contribution in [2.24, 2.45) is 0 Å². The van der Waals surface area contributed by atoms with Crippen LogP contribution in [-0.4, -0.2) is 31.0 Å². The standard InChI is InChI=1S/C19H19FN2O3/c1-13-5-2-3-8-17(13)25-12-18(23)21-15-10-19(24)22(11-15)16-7-4-6-14(20)9-16/h2-9,15H,10-12H2,1H3,(H,21,23)/t15-/m1/s1. The van der Waals surface area contributed by atoms with Gasteiger partial charge in [0.1, 0.15) is 11.6 Å². The lowest BCUT2D eigenvalue weighted by Crippen LogP contribution is -2.39. The summed E-state index contributed by atoms with van der Waals surface area (Å²) < 4.78 is 18.8. The minimum absolute atomic E-state index is 0.116. The van der Waals surface area contributed by atoms with Gasteiger partial charge in [-0.2, -0.15) is 0 Å². The van der Waals surface area contributed by atoms with E-state index in [9.17, 15) is 14.0 Å². The minimum atomic E-state index is -0.399. The number of anilines is 1. The number of nitrogens with zero attached hydrogens (tertiary/aromatic N) is 1. The Bertz CT molecular complexity index is 794. The molecule has 2 amide bonds. The lowest BCUT2D eigenvalue weighted by Gasteiger charge is -2.17. The Morgan fingerprint density at radius 2 is 2.08 bits per heavy atom. The first-order chi connectivity index (χ1) is 12.0. The molecule has 1 aliphatic heterocycles. The molecular formula is C19H19FN2O3.